The molecule has 0 saturated heterocycles. The van der Waals surface area contributed by atoms with Gasteiger partial charge in [-0.25, -0.2) is 0 Å². The molecule has 0 aliphatic carbocycles. The van der Waals surface area contributed by atoms with Gasteiger partial charge in [0.25, 0.3) is 0 Å². The first-order valence-corrected chi connectivity index (χ1v) is 4.21. The van der Waals surface area contributed by atoms with Crippen LogP contribution in [-0.2, 0) is 4.79 Å². The van der Waals surface area contributed by atoms with Crippen molar-refractivity contribution in [3.63, 3.8) is 0 Å². The number of aliphatic carboxylic acids is 1. The molecule has 0 heterocycles. The largest absolute Gasteiger partial charge is 0.497 e. The van der Waals surface area contributed by atoms with Gasteiger partial charge in [-0.05, 0) is 24.3 Å². The number of methoxy groups -OCH3 is 1. The van der Waals surface area contributed by atoms with Crippen LogP contribution in [0, 0.1) is 0 Å². The monoisotopic (exact) mass is 196 g/mol. The predicted octanol–water partition coefficient (Wildman–Crippen LogP) is 1.55. The molecule has 0 atom stereocenters. The zero-order valence-electron chi connectivity index (χ0n) is 7.90. The zero-order valence-corrected chi connectivity index (χ0v) is 7.90. The molecule has 14 heavy (non-hydrogen) atoms. The van der Waals surface area contributed by atoms with E-state index >= 15 is 0 Å². The van der Waals surface area contributed by atoms with Crippen LogP contribution in [0.3, 0.4) is 0 Å². The van der Waals surface area contributed by atoms with Gasteiger partial charge in [-0.15, -0.1) is 0 Å². The summed E-state index contributed by atoms with van der Waals surface area (Å²) in [5, 5.41) is 8.37. The average molecular weight is 196 g/mol. The maximum Gasteiger partial charge on any atom is 0.306 e. The third kappa shape index (κ3) is 3.35. The fourth-order valence-electron chi connectivity index (χ4n) is 0.928. The first kappa shape index (κ1) is 10.4. The van der Waals surface area contributed by atoms with Crippen molar-refractivity contribution in [1.29, 1.82) is 0 Å². The predicted molar refractivity (Wildman–Crippen MR) is 50.7 cm³/mol. The van der Waals surface area contributed by atoms with Crippen molar-refractivity contribution in [2.24, 2.45) is 0 Å². The van der Waals surface area contributed by atoms with Crippen molar-refractivity contribution in [3.8, 4) is 11.5 Å². The van der Waals surface area contributed by atoms with Crippen molar-refractivity contribution in [2.75, 3.05) is 13.7 Å². The van der Waals surface area contributed by atoms with Gasteiger partial charge in [0.15, 0.2) is 0 Å². The smallest absolute Gasteiger partial charge is 0.306 e. The summed E-state index contributed by atoms with van der Waals surface area (Å²) in [4.78, 5) is 10.2. The topological polar surface area (TPSA) is 55.8 Å². The van der Waals surface area contributed by atoms with Gasteiger partial charge >= 0.3 is 5.97 Å². The van der Waals surface area contributed by atoms with Gasteiger partial charge in [0.05, 0.1) is 20.1 Å². The van der Waals surface area contributed by atoms with E-state index in [0.29, 0.717) is 5.75 Å². The fourth-order valence-corrected chi connectivity index (χ4v) is 0.928. The molecule has 1 aromatic carbocycles. The van der Waals surface area contributed by atoms with E-state index in [9.17, 15) is 4.79 Å². The second-order valence-electron chi connectivity index (χ2n) is 2.67. The van der Waals surface area contributed by atoms with Gasteiger partial charge in [0.2, 0.25) is 0 Å². The van der Waals surface area contributed by atoms with Crippen LogP contribution >= 0.6 is 0 Å². The SMILES string of the molecule is COc1ccc(OCCC(=O)O)cc1. The molecule has 1 aromatic rings. The number of carboxylic acids is 1. The Labute approximate surface area is 82.1 Å². The van der Waals surface area contributed by atoms with E-state index in [4.69, 9.17) is 14.6 Å². The Morgan fingerprint density at radius 2 is 1.86 bits per heavy atom. The average Bonchev–Trinajstić information content (AvgIpc) is 2.18. The van der Waals surface area contributed by atoms with Gasteiger partial charge in [-0.1, -0.05) is 0 Å². The van der Waals surface area contributed by atoms with Crippen LogP contribution < -0.4 is 9.47 Å². The molecule has 0 aliphatic heterocycles. The minimum absolute atomic E-state index is 0.00598. The molecule has 0 aliphatic rings. The molecule has 1 N–H and O–H groups in total. The number of benzene rings is 1. The summed E-state index contributed by atoms with van der Waals surface area (Å²) >= 11 is 0. The molecule has 0 fully saturated rings. The first-order chi connectivity index (χ1) is 6.72. The van der Waals surface area contributed by atoms with Crippen LogP contribution in [-0.4, -0.2) is 24.8 Å². The highest BCUT2D eigenvalue weighted by molar-refractivity contribution is 5.66. The number of carbonyl (C=O) groups is 1. The Balaban J connectivity index is 2.40. The molecule has 0 radical (unpaired) electrons. The summed E-state index contributed by atoms with van der Waals surface area (Å²) in [5.74, 6) is 0.529. The van der Waals surface area contributed by atoms with Gasteiger partial charge in [0, 0.05) is 0 Å². The molecule has 1 rings (SSSR count). The Morgan fingerprint density at radius 1 is 1.29 bits per heavy atom. The van der Waals surface area contributed by atoms with E-state index < -0.39 is 5.97 Å². The standard InChI is InChI=1S/C10H12O4/c1-13-8-2-4-9(5-3-8)14-7-6-10(11)12/h2-5H,6-7H2,1H3,(H,11,12). The molecule has 0 spiro atoms. The van der Waals surface area contributed by atoms with Crippen LogP contribution in [0.4, 0.5) is 0 Å². The molecular formula is C10H12O4. The highest BCUT2D eigenvalue weighted by Gasteiger charge is 1.98. The van der Waals surface area contributed by atoms with E-state index in [-0.39, 0.29) is 13.0 Å². The molecule has 0 amide bonds. The van der Waals surface area contributed by atoms with Crippen molar-refractivity contribution in [3.05, 3.63) is 24.3 Å². The van der Waals surface area contributed by atoms with Crippen LogP contribution in [0.5, 0.6) is 11.5 Å². The number of ether oxygens (including phenoxy) is 2. The van der Waals surface area contributed by atoms with Gasteiger partial charge < -0.3 is 14.6 Å². The molecule has 4 nitrogen and oxygen atoms in total. The second kappa shape index (κ2) is 5.11. The van der Waals surface area contributed by atoms with Crippen LogP contribution in [0.25, 0.3) is 0 Å². The minimum Gasteiger partial charge on any atom is -0.497 e. The lowest BCUT2D eigenvalue weighted by atomic mass is 10.3. The van der Waals surface area contributed by atoms with Crippen molar-refractivity contribution in [1.82, 2.24) is 0 Å². The molecular weight excluding hydrogens is 184 g/mol. The van der Waals surface area contributed by atoms with Crippen molar-refractivity contribution >= 4 is 5.97 Å². The van der Waals surface area contributed by atoms with Crippen LogP contribution in [0.15, 0.2) is 24.3 Å². The van der Waals surface area contributed by atoms with Crippen molar-refractivity contribution in [2.45, 2.75) is 6.42 Å². The first-order valence-electron chi connectivity index (χ1n) is 4.21. The highest BCUT2D eigenvalue weighted by atomic mass is 16.5. The Morgan fingerprint density at radius 3 is 2.36 bits per heavy atom. The maximum absolute atomic E-state index is 10.2. The summed E-state index contributed by atoms with van der Waals surface area (Å²) in [6.07, 6.45) is 0.00598. The number of hydrogen-bond acceptors (Lipinski definition) is 3. The number of carboxylic acid groups (broad SMARTS) is 1. The molecule has 0 saturated carbocycles. The third-order valence-electron chi connectivity index (χ3n) is 1.64. The normalized spacial score (nSPS) is 9.50. The summed E-state index contributed by atoms with van der Waals surface area (Å²) in [6, 6.07) is 6.99. The summed E-state index contributed by atoms with van der Waals surface area (Å²) in [5.41, 5.74) is 0. The van der Waals surface area contributed by atoms with E-state index in [1.54, 1.807) is 31.4 Å². The Hall–Kier alpha value is -1.71. The van der Waals surface area contributed by atoms with Gasteiger partial charge in [-0.3, -0.25) is 4.79 Å². The summed E-state index contributed by atoms with van der Waals surface area (Å²) in [6.45, 7) is 0.182. The lowest BCUT2D eigenvalue weighted by Crippen LogP contribution is -2.04. The summed E-state index contributed by atoms with van der Waals surface area (Å²) < 4.78 is 10.1. The van der Waals surface area contributed by atoms with Gasteiger partial charge in [0.1, 0.15) is 11.5 Å². The van der Waals surface area contributed by atoms with Gasteiger partial charge in [-0.2, -0.15) is 0 Å². The lowest BCUT2D eigenvalue weighted by molar-refractivity contribution is -0.137. The van der Waals surface area contributed by atoms with Crippen molar-refractivity contribution < 1.29 is 19.4 Å². The Kier molecular flexibility index (Phi) is 3.79. The molecule has 0 unspecified atom stereocenters. The fraction of sp³-hybridized carbons (Fsp3) is 0.300. The molecule has 0 bridgehead atoms. The lowest BCUT2D eigenvalue weighted by Gasteiger charge is -2.04. The quantitative estimate of drug-likeness (QED) is 0.776. The molecule has 76 valence electrons. The Bertz CT molecular complexity index is 291. The van der Waals surface area contributed by atoms with Crippen LogP contribution in [0.2, 0.25) is 0 Å². The van der Waals surface area contributed by atoms with Crippen LogP contribution in [0.1, 0.15) is 6.42 Å². The summed E-state index contributed by atoms with van der Waals surface area (Å²) in [7, 11) is 1.58. The number of rotatable bonds is 5. The third-order valence-corrected chi connectivity index (χ3v) is 1.64. The number of hydrogen-bond donors (Lipinski definition) is 1. The molecule has 0 aromatic heterocycles. The highest BCUT2D eigenvalue weighted by Crippen LogP contribution is 2.16. The van der Waals surface area contributed by atoms with E-state index in [0.717, 1.165) is 5.75 Å². The minimum atomic E-state index is -0.862. The van der Waals surface area contributed by atoms with E-state index in [1.165, 1.54) is 0 Å². The van der Waals surface area contributed by atoms with E-state index in [2.05, 4.69) is 0 Å². The maximum atomic E-state index is 10.2. The second-order valence-corrected chi connectivity index (χ2v) is 2.67. The van der Waals surface area contributed by atoms with E-state index in [1.807, 2.05) is 0 Å². The molecule has 4 heteroatoms. The zero-order chi connectivity index (χ0) is 10.4.